The Morgan fingerprint density at radius 3 is 2.95 bits per heavy atom. The summed E-state index contributed by atoms with van der Waals surface area (Å²) < 4.78 is 9.53. The van der Waals surface area contributed by atoms with E-state index < -0.39 is 11.9 Å². The zero-order valence-electron chi connectivity index (χ0n) is 11.1. The van der Waals surface area contributed by atoms with Gasteiger partial charge in [0.1, 0.15) is 0 Å². The van der Waals surface area contributed by atoms with E-state index in [2.05, 4.69) is 20.2 Å². The summed E-state index contributed by atoms with van der Waals surface area (Å²) in [6, 6.07) is 6.95. The van der Waals surface area contributed by atoms with E-state index in [9.17, 15) is 9.59 Å². The highest BCUT2D eigenvalue weighted by Gasteiger charge is 2.16. The molecule has 2 aromatic rings. The first-order valence-corrected chi connectivity index (χ1v) is 6.51. The highest BCUT2D eigenvalue weighted by molar-refractivity contribution is 6.32. The lowest BCUT2D eigenvalue weighted by molar-refractivity contribution is -0.154. The lowest BCUT2D eigenvalue weighted by Gasteiger charge is -2.00. The number of amides is 1. The van der Waals surface area contributed by atoms with Gasteiger partial charge in [-0.2, -0.15) is 4.98 Å². The Labute approximate surface area is 125 Å². The van der Waals surface area contributed by atoms with Crippen molar-refractivity contribution in [3.8, 4) is 11.4 Å². The van der Waals surface area contributed by atoms with Crippen molar-refractivity contribution in [2.75, 3.05) is 6.61 Å². The van der Waals surface area contributed by atoms with Crippen LogP contribution in [-0.4, -0.2) is 28.6 Å². The molecule has 1 amide bonds. The second-order valence-electron chi connectivity index (χ2n) is 3.93. The monoisotopic (exact) mass is 309 g/mol. The maximum atomic E-state index is 11.3. The number of ether oxygens (including phenoxy) is 1. The number of aromatic nitrogens is 2. The van der Waals surface area contributed by atoms with E-state index in [4.69, 9.17) is 16.1 Å². The van der Waals surface area contributed by atoms with E-state index in [0.29, 0.717) is 16.4 Å². The van der Waals surface area contributed by atoms with Crippen LogP contribution in [0.4, 0.5) is 0 Å². The smallest absolute Gasteiger partial charge is 0.396 e. The number of rotatable bonds is 4. The van der Waals surface area contributed by atoms with Gasteiger partial charge in [-0.3, -0.25) is 4.79 Å². The van der Waals surface area contributed by atoms with E-state index in [0.717, 1.165) is 0 Å². The number of esters is 1. The fourth-order valence-corrected chi connectivity index (χ4v) is 1.69. The van der Waals surface area contributed by atoms with Crippen LogP contribution in [0.25, 0.3) is 11.4 Å². The van der Waals surface area contributed by atoms with Crippen molar-refractivity contribution >= 4 is 23.5 Å². The maximum absolute atomic E-state index is 11.3. The molecule has 0 atom stereocenters. The Morgan fingerprint density at radius 2 is 2.24 bits per heavy atom. The minimum atomic E-state index is -0.952. The van der Waals surface area contributed by atoms with Gasteiger partial charge < -0.3 is 14.6 Å². The number of hydrogen-bond donors (Lipinski definition) is 1. The van der Waals surface area contributed by atoms with Gasteiger partial charge in [0.2, 0.25) is 11.7 Å². The molecule has 1 heterocycles. The van der Waals surface area contributed by atoms with E-state index in [-0.39, 0.29) is 19.0 Å². The number of nitrogens with one attached hydrogen (secondary N) is 1. The third-order valence-corrected chi connectivity index (χ3v) is 2.65. The molecule has 2 rings (SSSR count). The van der Waals surface area contributed by atoms with Crippen LogP contribution in [0.15, 0.2) is 28.8 Å². The molecule has 21 heavy (non-hydrogen) atoms. The second-order valence-corrected chi connectivity index (χ2v) is 4.36. The molecule has 0 radical (unpaired) electrons. The summed E-state index contributed by atoms with van der Waals surface area (Å²) in [4.78, 5) is 26.5. The number of nitrogens with zero attached hydrogens (tertiary/aromatic N) is 2. The average molecular weight is 310 g/mol. The lowest BCUT2D eigenvalue weighted by Crippen LogP contribution is -2.32. The molecule has 8 heteroatoms. The summed E-state index contributed by atoms with van der Waals surface area (Å²) in [5.41, 5.74) is 0.689. The Morgan fingerprint density at radius 1 is 1.43 bits per heavy atom. The van der Waals surface area contributed by atoms with Crippen LogP contribution in [0.2, 0.25) is 5.02 Å². The van der Waals surface area contributed by atoms with Crippen molar-refractivity contribution in [3.05, 3.63) is 35.2 Å². The first-order chi connectivity index (χ1) is 10.1. The summed E-state index contributed by atoms with van der Waals surface area (Å²) in [6.07, 6.45) is 0. The minimum Gasteiger partial charge on any atom is -0.459 e. The van der Waals surface area contributed by atoms with Gasteiger partial charge >= 0.3 is 11.9 Å². The van der Waals surface area contributed by atoms with Gasteiger partial charge in [-0.05, 0) is 19.1 Å². The van der Waals surface area contributed by atoms with Crippen molar-refractivity contribution < 1.29 is 18.8 Å². The molecule has 0 aliphatic carbocycles. The largest absolute Gasteiger partial charge is 0.459 e. The van der Waals surface area contributed by atoms with Crippen molar-refractivity contribution in [2.24, 2.45) is 0 Å². The fraction of sp³-hybridized carbons (Fsp3) is 0.231. The van der Waals surface area contributed by atoms with Crippen LogP contribution in [0.5, 0.6) is 0 Å². The van der Waals surface area contributed by atoms with Gasteiger partial charge in [0, 0.05) is 10.6 Å². The molecule has 110 valence electrons. The zero-order chi connectivity index (χ0) is 15.2. The highest BCUT2D eigenvalue weighted by atomic mass is 35.5. The number of halogens is 1. The van der Waals surface area contributed by atoms with Crippen LogP contribution >= 0.6 is 11.6 Å². The van der Waals surface area contributed by atoms with E-state index in [1.807, 2.05) is 0 Å². The molecule has 0 saturated carbocycles. The molecule has 0 aliphatic rings. The molecule has 1 aromatic carbocycles. The van der Waals surface area contributed by atoms with E-state index in [1.165, 1.54) is 0 Å². The molecule has 0 bridgehead atoms. The molecule has 1 aromatic heterocycles. The number of carbonyl (C=O) groups excluding carboxylic acids is 2. The van der Waals surface area contributed by atoms with Crippen molar-refractivity contribution in [3.63, 3.8) is 0 Å². The summed E-state index contributed by atoms with van der Waals surface area (Å²) in [6.45, 7) is 1.68. The van der Waals surface area contributed by atoms with Crippen LogP contribution in [0.1, 0.15) is 12.8 Å². The SMILES string of the molecule is CCOC(=O)C(=O)NCc1nc(-c2cccc(Cl)c2)no1. The normalized spacial score (nSPS) is 10.2. The summed E-state index contributed by atoms with van der Waals surface area (Å²) in [5.74, 6) is -1.30. The second kappa shape index (κ2) is 6.85. The topological polar surface area (TPSA) is 94.3 Å². The number of benzene rings is 1. The summed E-state index contributed by atoms with van der Waals surface area (Å²) >= 11 is 5.87. The van der Waals surface area contributed by atoms with Crippen molar-refractivity contribution in [2.45, 2.75) is 13.5 Å². The van der Waals surface area contributed by atoms with Gasteiger partial charge in [-0.15, -0.1) is 0 Å². The minimum absolute atomic E-state index is 0.0643. The van der Waals surface area contributed by atoms with E-state index >= 15 is 0 Å². The Balaban J connectivity index is 1.98. The Hall–Kier alpha value is -2.41. The predicted molar refractivity (Wildman–Crippen MR) is 73.2 cm³/mol. The quantitative estimate of drug-likeness (QED) is 0.680. The predicted octanol–water partition coefficient (Wildman–Crippen LogP) is 1.57. The van der Waals surface area contributed by atoms with Crippen molar-refractivity contribution in [1.82, 2.24) is 15.5 Å². The molecular formula is C13H12ClN3O4. The van der Waals surface area contributed by atoms with Crippen LogP contribution in [0.3, 0.4) is 0 Å². The zero-order valence-corrected chi connectivity index (χ0v) is 11.9. The van der Waals surface area contributed by atoms with Gasteiger partial charge in [-0.1, -0.05) is 28.9 Å². The van der Waals surface area contributed by atoms with Gasteiger partial charge in [-0.25, -0.2) is 4.79 Å². The molecule has 0 unspecified atom stereocenters. The van der Waals surface area contributed by atoms with E-state index in [1.54, 1.807) is 31.2 Å². The molecule has 0 aliphatic heterocycles. The first kappa shape index (κ1) is 15.0. The third-order valence-electron chi connectivity index (χ3n) is 2.41. The maximum Gasteiger partial charge on any atom is 0.396 e. The van der Waals surface area contributed by atoms with Crippen LogP contribution < -0.4 is 5.32 Å². The molecular weight excluding hydrogens is 298 g/mol. The molecule has 0 fully saturated rings. The van der Waals surface area contributed by atoms with Gasteiger partial charge in [0.15, 0.2) is 0 Å². The molecule has 0 saturated heterocycles. The number of carbonyl (C=O) groups is 2. The van der Waals surface area contributed by atoms with Crippen molar-refractivity contribution in [1.29, 1.82) is 0 Å². The Kier molecular flexibility index (Phi) is 4.89. The van der Waals surface area contributed by atoms with Crippen LogP contribution in [-0.2, 0) is 20.9 Å². The standard InChI is InChI=1S/C13H12ClN3O4/c1-2-20-13(19)12(18)15-7-10-16-11(17-21-10)8-4-3-5-9(14)6-8/h3-6H,2,7H2,1H3,(H,15,18). The summed E-state index contributed by atoms with van der Waals surface area (Å²) in [7, 11) is 0. The highest BCUT2D eigenvalue weighted by Crippen LogP contribution is 2.19. The van der Waals surface area contributed by atoms with Gasteiger partial charge in [0.25, 0.3) is 0 Å². The number of hydrogen-bond acceptors (Lipinski definition) is 6. The Bertz CT molecular complexity index is 656. The third kappa shape index (κ3) is 4.03. The lowest BCUT2D eigenvalue weighted by atomic mass is 10.2. The van der Waals surface area contributed by atoms with Crippen LogP contribution in [0, 0.1) is 0 Å². The molecule has 7 nitrogen and oxygen atoms in total. The van der Waals surface area contributed by atoms with Gasteiger partial charge in [0.05, 0.1) is 13.2 Å². The fourth-order valence-electron chi connectivity index (χ4n) is 1.50. The molecule has 0 spiro atoms. The first-order valence-electron chi connectivity index (χ1n) is 6.13. The molecule has 1 N–H and O–H groups in total. The summed E-state index contributed by atoms with van der Waals surface area (Å²) in [5, 5.41) is 6.65. The average Bonchev–Trinajstić information content (AvgIpc) is 2.94.